The van der Waals surface area contributed by atoms with Gasteiger partial charge in [-0.3, -0.25) is 9.59 Å². The summed E-state index contributed by atoms with van der Waals surface area (Å²) >= 11 is 12.1. The van der Waals surface area contributed by atoms with Gasteiger partial charge in [-0.2, -0.15) is 0 Å². The minimum absolute atomic E-state index is 0.0516. The first kappa shape index (κ1) is 21.6. The van der Waals surface area contributed by atoms with Crippen molar-refractivity contribution in [3.8, 4) is 11.3 Å². The molecule has 0 atom stereocenters. The number of urea groups is 1. The molecule has 1 saturated heterocycles. The maximum Gasteiger partial charge on any atom is 0.329 e. The lowest BCUT2D eigenvalue weighted by atomic mass is 10.2. The summed E-state index contributed by atoms with van der Waals surface area (Å²) in [5, 5.41) is 5.59. The van der Waals surface area contributed by atoms with Crippen LogP contribution in [0.3, 0.4) is 0 Å². The van der Waals surface area contributed by atoms with Crippen molar-refractivity contribution in [3.05, 3.63) is 81.9 Å². The Morgan fingerprint density at radius 3 is 2.66 bits per heavy atom. The maximum atomic E-state index is 13.7. The summed E-state index contributed by atoms with van der Waals surface area (Å²) in [5.41, 5.74) is 0.482. The van der Waals surface area contributed by atoms with E-state index < -0.39 is 30.2 Å². The molecule has 2 heterocycles. The first-order valence-electron chi connectivity index (χ1n) is 9.26. The van der Waals surface area contributed by atoms with Crippen molar-refractivity contribution in [1.29, 1.82) is 0 Å². The third-order valence-electron chi connectivity index (χ3n) is 4.52. The van der Waals surface area contributed by atoms with E-state index in [0.717, 1.165) is 0 Å². The van der Waals surface area contributed by atoms with E-state index in [0.29, 0.717) is 26.3 Å². The Morgan fingerprint density at radius 1 is 1.12 bits per heavy atom. The van der Waals surface area contributed by atoms with Crippen molar-refractivity contribution >= 4 is 52.8 Å². The number of furan rings is 1. The lowest BCUT2D eigenvalue weighted by Gasteiger charge is -2.12. The van der Waals surface area contributed by atoms with Crippen LogP contribution in [0.25, 0.3) is 17.4 Å². The predicted octanol–water partition coefficient (Wildman–Crippen LogP) is 4.92. The van der Waals surface area contributed by atoms with E-state index in [1.165, 1.54) is 24.3 Å². The molecule has 1 fully saturated rings. The number of nitrogens with zero attached hydrogens (tertiary/aromatic N) is 1. The van der Waals surface area contributed by atoms with Gasteiger partial charge in [0.05, 0.1) is 10.7 Å². The standard InChI is InChI=1S/C22H14Cl2FN3O4/c23-12-5-7-14(15(24)9-12)19-8-6-13(32-19)10-18-21(30)28(22(31)27-18)11-20(29)26-17-4-2-1-3-16(17)25/h1-10H,11H2,(H,26,29)(H,27,31)/b18-10-. The molecule has 1 aliphatic rings. The Bertz CT molecular complexity index is 1270. The lowest BCUT2D eigenvalue weighted by molar-refractivity contribution is -0.127. The number of amides is 4. The smallest absolute Gasteiger partial charge is 0.329 e. The lowest BCUT2D eigenvalue weighted by Crippen LogP contribution is -2.38. The number of hydrogen-bond acceptors (Lipinski definition) is 4. The zero-order valence-corrected chi connectivity index (χ0v) is 17.7. The fourth-order valence-electron chi connectivity index (χ4n) is 3.02. The molecule has 0 unspecified atom stereocenters. The molecule has 4 amide bonds. The highest BCUT2D eigenvalue weighted by Crippen LogP contribution is 2.32. The second-order valence-electron chi connectivity index (χ2n) is 6.73. The first-order valence-corrected chi connectivity index (χ1v) is 10.0. The zero-order chi connectivity index (χ0) is 22.8. The molecule has 7 nitrogen and oxygen atoms in total. The third-order valence-corrected chi connectivity index (χ3v) is 5.07. The predicted molar refractivity (Wildman–Crippen MR) is 117 cm³/mol. The molecular formula is C22H14Cl2FN3O4. The first-order chi connectivity index (χ1) is 15.3. The van der Waals surface area contributed by atoms with Gasteiger partial charge >= 0.3 is 6.03 Å². The van der Waals surface area contributed by atoms with Gasteiger partial charge in [-0.1, -0.05) is 35.3 Å². The summed E-state index contributed by atoms with van der Waals surface area (Å²) in [7, 11) is 0. The second kappa shape index (κ2) is 8.86. The van der Waals surface area contributed by atoms with Crippen LogP contribution in [0.4, 0.5) is 14.9 Å². The molecule has 1 aromatic heterocycles. The van der Waals surface area contributed by atoms with Crippen LogP contribution in [0.2, 0.25) is 10.0 Å². The molecular weight excluding hydrogens is 460 g/mol. The van der Waals surface area contributed by atoms with Gasteiger partial charge in [-0.25, -0.2) is 14.1 Å². The van der Waals surface area contributed by atoms with Crippen molar-refractivity contribution in [2.75, 3.05) is 11.9 Å². The summed E-state index contributed by atoms with van der Waals surface area (Å²) in [5.74, 6) is -1.35. The van der Waals surface area contributed by atoms with E-state index in [2.05, 4.69) is 10.6 Å². The molecule has 0 spiro atoms. The Hall–Kier alpha value is -3.62. The van der Waals surface area contributed by atoms with Crippen molar-refractivity contribution in [1.82, 2.24) is 10.2 Å². The number of rotatable bonds is 5. The number of anilines is 1. The van der Waals surface area contributed by atoms with Crippen molar-refractivity contribution in [2.45, 2.75) is 0 Å². The average Bonchev–Trinajstić information content (AvgIpc) is 3.30. The highest BCUT2D eigenvalue weighted by Gasteiger charge is 2.35. The van der Waals surface area contributed by atoms with Gasteiger partial charge in [0, 0.05) is 16.7 Å². The number of imide groups is 1. The van der Waals surface area contributed by atoms with E-state index in [9.17, 15) is 18.8 Å². The van der Waals surface area contributed by atoms with Crippen LogP contribution in [0.1, 0.15) is 5.76 Å². The van der Waals surface area contributed by atoms with E-state index in [1.807, 2.05) is 0 Å². The summed E-state index contributed by atoms with van der Waals surface area (Å²) in [6.07, 6.45) is 1.34. The zero-order valence-electron chi connectivity index (χ0n) is 16.2. The third kappa shape index (κ3) is 4.51. The normalized spacial score (nSPS) is 14.7. The molecule has 1 aliphatic heterocycles. The van der Waals surface area contributed by atoms with Gasteiger partial charge in [0.15, 0.2) is 0 Å². The van der Waals surface area contributed by atoms with Crippen molar-refractivity contribution < 1.29 is 23.2 Å². The Balaban J connectivity index is 1.47. The van der Waals surface area contributed by atoms with Crippen LogP contribution in [0.15, 0.2) is 64.7 Å². The largest absolute Gasteiger partial charge is 0.457 e. The van der Waals surface area contributed by atoms with Crippen LogP contribution in [0, 0.1) is 5.82 Å². The van der Waals surface area contributed by atoms with Crippen LogP contribution < -0.4 is 10.6 Å². The van der Waals surface area contributed by atoms with Crippen LogP contribution >= 0.6 is 23.2 Å². The van der Waals surface area contributed by atoms with Crippen LogP contribution in [-0.2, 0) is 9.59 Å². The van der Waals surface area contributed by atoms with E-state index in [4.69, 9.17) is 27.6 Å². The summed E-state index contributed by atoms with van der Waals surface area (Å²) in [6, 6.07) is 13.0. The minimum Gasteiger partial charge on any atom is -0.457 e. The molecule has 2 N–H and O–H groups in total. The van der Waals surface area contributed by atoms with Gasteiger partial charge < -0.3 is 15.1 Å². The molecule has 3 aromatic rings. The molecule has 4 rings (SSSR count). The van der Waals surface area contributed by atoms with Gasteiger partial charge in [0.25, 0.3) is 5.91 Å². The van der Waals surface area contributed by atoms with Gasteiger partial charge in [0.2, 0.25) is 5.91 Å². The summed E-state index contributed by atoms with van der Waals surface area (Å²) < 4.78 is 19.4. The molecule has 0 aliphatic carbocycles. The topological polar surface area (TPSA) is 91.7 Å². The number of para-hydroxylation sites is 1. The Labute approximate surface area is 191 Å². The van der Waals surface area contributed by atoms with Gasteiger partial charge in [-0.15, -0.1) is 0 Å². The maximum absolute atomic E-state index is 13.7. The number of carbonyl (C=O) groups is 3. The fourth-order valence-corrected chi connectivity index (χ4v) is 3.52. The number of halogens is 3. The molecule has 10 heteroatoms. The summed E-state index contributed by atoms with van der Waals surface area (Å²) in [6.45, 7) is -0.583. The molecule has 2 aromatic carbocycles. The number of benzene rings is 2. The highest BCUT2D eigenvalue weighted by atomic mass is 35.5. The highest BCUT2D eigenvalue weighted by molar-refractivity contribution is 6.36. The van der Waals surface area contributed by atoms with Crippen molar-refractivity contribution in [2.24, 2.45) is 0 Å². The fraction of sp³-hybridized carbons (Fsp3) is 0.0455. The molecule has 32 heavy (non-hydrogen) atoms. The van der Waals surface area contributed by atoms with Crippen LogP contribution in [-0.4, -0.2) is 29.3 Å². The molecule has 0 bridgehead atoms. The van der Waals surface area contributed by atoms with Gasteiger partial charge in [-0.05, 0) is 42.5 Å². The SMILES string of the molecule is O=C(CN1C(=O)N/C(=C\c2ccc(-c3ccc(Cl)cc3Cl)o2)C1=O)Nc1ccccc1F. The monoisotopic (exact) mass is 473 g/mol. The average molecular weight is 474 g/mol. The number of carbonyl (C=O) groups excluding carboxylic acids is 3. The molecule has 0 saturated carbocycles. The summed E-state index contributed by atoms with van der Waals surface area (Å²) in [4.78, 5) is 37.7. The van der Waals surface area contributed by atoms with Gasteiger partial charge in [0.1, 0.15) is 29.6 Å². The Morgan fingerprint density at radius 2 is 1.91 bits per heavy atom. The van der Waals surface area contributed by atoms with Crippen molar-refractivity contribution in [3.63, 3.8) is 0 Å². The van der Waals surface area contributed by atoms with E-state index >= 15 is 0 Å². The van der Waals surface area contributed by atoms with E-state index in [-0.39, 0.29) is 17.1 Å². The minimum atomic E-state index is -0.780. The number of nitrogens with one attached hydrogen (secondary N) is 2. The Kier molecular flexibility index (Phi) is 5.98. The molecule has 162 valence electrons. The second-order valence-corrected chi connectivity index (χ2v) is 7.58. The van der Waals surface area contributed by atoms with Crippen LogP contribution in [0.5, 0.6) is 0 Å². The quantitative estimate of drug-likeness (QED) is 0.406. The molecule has 0 radical (unpaired) electrons. The number of hydrogen-bond donors (Lipinski definition) is 2. The van der Waals surface area contributed by atoms with E-state index in [1.54, 1.807) is 36.4 Å².